The van der Waals surface area contributed by atoms with E-state index in [2.05, 4.69) is 19.9 Å². The van der Waals surface area contributed by atoms with E-state index in [1.807, 2.05) is 6.92 Å². The van der Waals surface area contributed by atoms with Gasteiger partial charge in [0.2, 0.25) is 0 Å². The summed E-state index contributed by atoms with van der Waals surface area (Å²) in [5.41, 5.74) is 8.10. The molecule has 2 heteroatoms. The largest absolute Gasteiger partial charge is 0.330 e. The number of nitrogens with two attached hydrogens (primary N) is 1. The molecule has 0 saturated heterocycles. The maximum Gasteiger partial charge on any atom is 0.123 e. The van der Waals surface area contributed by atoms with Crippen molar-refractivity contribution in [2.45, 2.75) is 46.0 Å². The smallest absolute Gasteiger partial charge is 0.123 e. The fourth-order valence-electron chi connectivity index (χ4n) is 3.54. The summed E-state index contributed by atoms with van der Waals surface area (Å²) in [5, 5.41) is 0. The minimum absolute atomic E-state index is 0.113. The molecule has 0 amide bonds. The molecule has 1 saturated carbocycles. The summed E-state index contributed by atoms with van der Waals surface area (Å²) in [6.45, 7) is 7.26. The average molecular weight is 263 g/mol. The molecule has 3 atom stereocenters. The lowest BCUT2D eigenvalue weighted by Crippen LogP contribution is -2.30. The molecule has 1 aliphatic rings. The van der Waals surface area contributed by atoms with Gasteiger partial charge >= 0.3 is 0 Å². The molecule has 1 aliphatic carbocycles. The molecule has 3 unspecified atom stereocenters. The molecule has 1 aromatic carbocycles. The van der Waals surface area contributed by atoms with Gasteiger partial charge in [-0.15, -0.1) is 0 Å². The van der Waals surface area contributed by atoms with Gasteiger partial charge in [-0.3, -0.25) is 0 Å². The van der Waals surface area contributed by atoms with Gasteiger partial charge in [0.05, 0.1) is 0 Å². The third-order valence-corrected chi connectivity index (χ3v) is 4.77. The number of benzene rings is 1. The van der Waals surface area contributed by atoms with Crippen LogP contribution < -0.4 is 5.73 Å². The number of hydrogen-bond donors (Lipinski definition) is 1. The van der Waals surface area contributed by atoms with Crippen LogP contribution in [-0.4, -0.2) is 6.54 Å². The van der Waals surface area contributed by atoms with Crippen LogP contribution in [0.1, 0.15) is 50.2 Å². The van der Waals surface area contributed by atoms with E-state index in [4.69, 9.17) is 5.73 Å². The van der Waals surface area contributed by atoms with Gasteiger partial charge < -0.3 is 5.73 Å². The second-order valence-corrected chi connectivity index (χ2v) is 6.48. The molecule has 1 fully saturated rings. The van der Waals surface area contributed by atoms with Crippen molar-refractivity contribution >= 4 is 0 Å². The normalized spacial score (nSPS) is 27.8. The van der Waals surface area contributed by atoms with E-state index in [0.717, 1.165) is 23.5 Å². The zero-order valence-electron chi connectivity index (χ0n) is 12.3. The Morgan fingerprint density at radius 2 is 2.00 bits per heavy atom. The van der Waals surface area contributed by atoms with Gasteiger partial charge in [-0.1, -0.05) is 19.9 Å². The van der Waals surface area contributed by atoms with Crippen molar-refractivity contribution in [1.29, 1.82) is 0 Å². The molecule has 0 spiro atoms. The maximum atomic E-state index is 13.6. The van der Waals surface area contributed by atoms with E-state index in [9.17, 15) is 4.39 Å². The Hall–Kier alpha value is -0.890. The first-order chi connectivity index (χ1) is 9.01. The van der Waals surface area contributed by atoms with Gasteiger partial charge in [0, 0.05) is 0 Å². The van der Waals surface area contributed by atoms with Crippen LogP contribution in [0.3, 0.4) is 0 Å². The Kier molecular flexibility index (Phi) is 4.62. The fourth-order valence-corrected chi connectivity index (χ4v) is 3.54. The highest BCUT2D eigenvalue weighted by Gasteiger charge is 2.32. The monoisotopic (exact) mass is 263 g/mol. The Balaban J connectivity index is 2.26. The lowest BCUT2D eigenvalue weighted by molar-refractivity contribution is 0.197. The van der Waals surface area contributed by atoms with E-state index in [-0.39, 0.29) is 5.82 Å². The SMILES string of the molecule is Cc1cc(F)cc(C2CC(C(C)C)CCC2CN)c1. The Morgan fingerprint density at radius 3 is 2.58 bits per heavy atom. The van der Waals surface area contributed by atoms with E-state index in [1.165, 1.54) is 12.8 Å². The Bertz CT molecular complexity index is 407. The molecule has 0 heterocycles. The van der Waals surface area contributed by atoms with Crippen molar-refractivity contribution in [3.63, 3.8) is 0 Å². The molecule has 106 valence electrons. The highest BCUT2D eigenvalue weighted by atomic mass is 19.1. The first-order valence-corrected chi connectivity index (χ1v) is 7.48. The van der Waals surface area contributed by atoms with Gasteiger partial charge in [0.1, 0.15) is 5.82 Å². The minimum Gasteiger partial charge on any atom is -0.330 e. The van der Waals surface area contributed by atoms with Crippen LogP contribution in [0.5, 0.6) is 0 Å². The van der Waals surface area contributed by atoms with Gasteiger partial charge in [-0.05, 0) is 79.7 Å². The molecule has 0 aromatic heterocycles. The van der Waals surface area contributed by atoms with E-state index in [1.54, 1.807) is 12.1 Å². The molecular formula is C17H26FN. The molecule has 1 aromatic rings. The number of aryl methyl sites for hydroxylation is 1. The predicted octanol–water partition coefficient (Wildman–Crippen LogP) is 4.25. The lowest BCUT2D eigenvalue weighted by Gasteiger charge is -2.38. The zero-order chi connectivity index (χ0) is 14.0. The van der Waals surface area contributed by atoms with Crippen LogP contribution in [-0.2, 0) is 0 Å². The quantitative estimate of drug-likeness (QED) is 0.867. The van der Waals surface area contributed by atoms with Crippen molar-refractivity contribution in [2.75, 3.05) is 6.54 Å². The molecule has 1 nitrogen and oxygen atoms in total. The van der Waals surface area contributed by atoms with E-state index < -0.39 is 0 Å². The summed E-state index contributed by atoms with van der Waals surface area (Å²) in [4.78, 5) is 0. The Morgan fingerprint density at radius 1 is 1.26 bits per heavy atom. The zero-order valence-corrected chi connectivity index (χ0v) is 12.3. The van der Waals surface area contributed by atoms with Crippen molar-refractivity contribution in [3.8, 4) is 0 Å². The summed E-state index contributed by atoms with van der Waals surface area (Å²) < 4.78 is 13.6. The molecular weight excluding hydrogens is 237 g/mol. The van der Waals surface area contributed by atoms with Crippen LogP contribution in [0.4, 0.5) is 4.39 Å². The fraction of sp³-hybridized carbons (Fsp3) is 0.647. The first kappa shape index (κ1) is 14.5. The topological polar surface area (TPSA) is 26.0 Å². The van der Waals surface area contributed by atoms with Crippen molar-refractivity contribution < 1.29 is 4.39 Å². The van der Waals surface area contributed by atoms with Crippen molar-refractivity contribution in [1.82, 2.24) is 0 Å². The van der Waals surface area contributed by atoms with Crippen molar-refractivity contribution in [2.24, 2.45) is 23.5 Å². The first-order valence-electron chi connectivity index (χ1n) is 7.48. The second kappa shape index (κ2) is 6.04. The van der Waals surface area contributed by atoms with Gasteiger partial charge in [-0.2, -0.15) is 0 Å². The average Bonchev–Trinajstić information content (AvgIpc) is 2.36. The van der Waals surface area contributed by atoms with E-state index in [0.29, 0.717) is 24.3 Å². The number of halogens is 1. The summed E-state index contributed by atoms with van der Waals surface area (Å²) >= 11 is 0. The van der Waals surface area contributed by atoms with Crippen LogP contribution in [0, 0.1) is 30.5 Å². The van der Waals surface area contributed by atoms with Crippen LogP contribution in [0.2, 0.25) is 0 Å². The highest BCUT2D eigenvalue weighted by Crippen LogP contribution is 2.43. The third-order valence-electron chi connectivity index (χ3n) is 4.77. The minimum atomic E-state index is -0.113. The highest BCUT2D eigenvalue weighted by molar-refractivity contribution is 5.27. The van der Waals surface area contributed by atoms with Gasteiger partial charge in [0.15, 0.2) is 0 Å². The van der Waals surface area contributed by atoms with Gasteiger partial charge in [0.25, 0.3) is 0 Å². The molecule has 0 aliphatic heterocycles. The summed E-state index contributed by atoms with van der Waals surface area (Å²) in [6, 6.07) is 5.45. The van der Waals surface area contributed by atoms with Gasteiger partial charge in [-0.25, -0.2) is 4.39 Å². The number of rotatable bonds is 3. The molecule has 2 N–H and O–H groups in total. The predicted molar refractivity (Wildman–Crippen MR) is 78.6 cm³/mol. The lowest BCUT2D eigenvalue weighted by atomic mass is 9.68. The molecule has 0 bridgehead atoms. The third kappa shape index (κ3) is 3.36. The summed E-state index contributed by atoms with van der Waals surface area (Å²) in [6.07, 6.45) is 3.60. The maximum absolute atomic E-state index is 13.6. The van der Waals surface area contributed by atoms with Crippen LogP contribution in [0.15, 0.2) is 18.2 Å². The van der Waals surface area contributed by atoms with Crippen LogP contribution in [0.25, 0.3) is 0 Å². The standard InChI is InChI=1S/C17H26FN/c1-11(2)13-4-5-14(10-19)17(9-13)15-6-12(3)7-16(18)8-15/h6-8,11,13-14,17H,4-5,9-10,19H2,1-3H3. The molecule has 19 heavy (non-hydrogen) atoms. The summed E-state index contributed by atoms with van der Waals surface area (Å²) in [7, 11) is 0. The Labute approximate surface area is 116 Å². The second-order valence-electron chi connectivity index (χ2n) is 6.48. The number of hydrogen-bond acceptors (Lipinski definition) is 1. The van der Waals surface area contributed by atoms with Crippen LogP contribution >= 0.6 is 0 Å². The molecule has 2 rings (SSSR count). The van der Waals surface area contributed by atoms with E-state index >= 15 is 0 Å². The summed E-state index contributed by atoms with van der Waals surface area (Å²) in [5.74, 6) is 2.28. The molecule has 0 radical (unpaired) electrons. The van der Waals surface area contributed by atoms with Crippen molar-refractivity contribution in [3.05, 3.63) is 35.1 Å².